The zero-order valence-corrected chi connectivity index (χ0v) is 12.3. The van der Waals surface area contributed by atoms with Gasteiger partial charge in [-0.1, -0.05) is 17.7 Å². The summed E-state index contributed by atoms with van der Waals surface area (Å²) in [6.07, 6.45) is 3.09. The number of hydrogen-bond donors (Lipinski definition) is 0. The number of halogens is 1. The van der Waals surface area contributed by atoms with Crippen LogP contribution in [0.15, 0.2) is 35.6 Å². The number of nitrogens with zero attached hydrogens (tertiary/aromatic N) is 3. The van der Waals surface area contributed by atoms with Gasteiger partial charge in [0.05, 0.1) is 17.1 Å². The van der Waals surface area contributed by atoms with Crippen LogP contribution in [-0.2, 0) is 23.1 Å². The number of aromatic nitrogens is 2. The van der Waals surface area contributed by atoms with Crippen molar-refractivity contribution in [2.45, 2.75) is 24.9 Å². The Morgan fingerprint density at radius 1 is 1.30 bits per heavy atom. The average Bonchev–Trinajstić information content (AvgIpc) is 2.86. The molecule has 0 saturated heterocycles. The molecule has 0 radical (unpaired) electrons. The third-order valence-electron chi connectivity index (χ3n) is 3.32. The van der Waals surface area contributed by atoms with Gasteiger partial charge in [0.1, 0.15) is 6.33 Å². The first-order valence-corrected chi connectivity index (χ1v) is 7.84. The summed E-state index contributed by atoms with van der Waals surface area (Å²) in [7, 11) is -3.58. The average molecular weight is 310 g/mol. The van der Waals surface area contributed by atoms with Crippen LogP contribution >= 0.6 is 11.6 Å². The minimum atomic E-state index is -3.58. The van der Waals surface area contributed by atoms with E-state index in [2.05, 4.69) is 9.97 Å². The predicted molar refractivity (Wildman–Crippen MR) is 74.7 cm³/mol. The third kappa shape index (κ3) is 2.19. The van der Waals surface area contributed by atoms with E-state index in [-0.39, 0.29) is 11.4 Å². The summed E-state index contributed by atoms with van der Waals surface area (Å²) in [5, 5.41) is 0.408. The molecule has 2 aromatic rings. The van der Waals surface area contributed by atoms with Crippen LogP contribution in [0.5, 0.6) is 0 Å². The lowest BCUT2D eigenvalue weighted by Crippen LogP contribution is -2.26. The Kier molecular flexibility index (Phi) is 3.24. The Hall–Kier alpha value is -1.50. The number of hydrogen-bond acceptors (Lipinski definition) is 4. The molecule has 3 rings (SSSR count). The zero-order valence-electron chi connectivity index (χ0n) is 10.7. The smallest absolute Gasteiger partial charge is 0.244 e. The van der Waals surface area contributed by atoms with Gasteiger partial charge in [0.2, 0.25) is 10.0 Å². The van der Waals surface area contributed by atoms with Crippen molar-refractivity contribution in [3.8, 4) is 0 Å². The summed E-state index contributed by atoms with van der Waals surface area (Å²) in [5.74, 6) is 0. The SMILES string of the molecule is Cc1ccc(Cl)cc1S(=O)(=O)N1Cc2cncnc2C1. The molecule has 1 aromatic carbocycles. The summed E-state index contributed by atoms with van der Waals surface area (Å²) in [6, 6.07) is 4.87. The number of sulfonamides is 1. The fraction of sp³-hybridized carbons (Fsp3) is 0.231. The van der Waals surface area contributed by atoms with Crippen molar-refractivity contribution in [2.24, 2.45) is 0 Å². The van der Waals surface area contributed by atoms with E-state index in [1.807, 2.05) is 0 Å². The first-order valence-electron chi connectivity index (χ1n) is 6.02. The van der Waals surface area contributed by atoms with E-state index in [4.69, 9.17) is 11.6 Å². The van der Waals surface area contributed by atoms with E-state index in [0.29, 0.717) is 17.1 Å². The van der Waals surface area contributed by atoms with E-state index in [9.17, 15) is 8.42 Å². The van der Waals surface area contributed by atoms with Crippen molar-refractivity contribution in [2.75, 3.05) is 0 Å². The summed E-state index contributed by atoms with van der Waals surface area (Å²) in [4.78, 5) is 8.28. The van der Waals surface area contributed by atoms with Crippen molar-refractivity contribution < 1.29 is 8.42 Å². The second kappa shape index (κ2) is 4.80. The highest BCUT2D eigenvalue weighted by Crippen LogP contribution is 2.29. The molecule has 0 aliphatic carbocycles. The molecule has 1 aliphatic heterocycles. The molecule has 104 valence electrons. The van der Waals surface area contributed by atoms with Gasteiger partial charge in [0.25, 0.3) is 0 Å². The van der Waals surface area contributed by atoms with Crippen LogP contribution in [0.3, 0.4) is 0 Å². The lowest BCUT2D eigenvalue weighted by atomic mass is 10.2. The van der Waals surface area contributed by atoms with Crippen LogP contribution in [0.4, 0.5) is 0 Å². The van der Waals surface area contributed by atoms with Crippen molar-refractivity contribution in [3.63, 3.8) is 0 Å². The fourth-order valence-electron chi connectivity index (χ4n) is 2.23. The van der Waals surface area contributed by atoms with Crippen LogP contribution < -0.4 is 0 Å². The topological polar surface area (TPSA) is 63.2 Å². The highest BCUT2D eigenvalue weighted by atomic mass is 35.5. The van der Waals surface area contributed by atoms with E-state index in [0.717, 1.165) is 11.3 Å². The second-order valence-corrected chi connectivity index (χ2v) is 7.02. The van der Waals surface area contributed by atoms with Gasteiger partial charge in [-0.05, 0) is 24.6 Å². The van der Waals surface area contributed by atoms with Gasteiger partial charge in [-0.25, -0.2) is 18.4 Å². The van der Waals surface area contributed by atoms with Gasteiger partial charge in [-0.15, -0.1) is 0 Å². The Bertz CT molecular complexity index is 752. The van der Waals surface area contributed by atoms with Crippen molar-refractivity contribution in [1.82, 2.24) is 14.3 Å². The minimum absolute atomic E-state index is 0.241. The molecule has 5 nitrogen and oxygen atoms in total. The first kappa shape index (κ1) is 13.5. The molecule has 0 unspecified atom stereocenters. The number of benzene rings is 1. The van der Waals surface area contributed by atoms with Gasteiger partial charge >= 0.3 is 0 Å². The van der Waals surface area contributed by atoms with E-state index >= 15 is 0 Å². The van der Waals surface area contributed by atoms with Crippen molar-refractivity contribution in [1.29, 1.82) is 0 Å². The van der Waals surface area contributed by atoms with Gasteiger partial charge in [-0.3, -0.25) is 0 Å². The molecular weight excluding hydrogens is 298 g/mol. The maximum atomic E-state index is 12.7. The number of aryl methyl sites for hydroxylation is 1. The van der Waals surface area contributed by atoms with Gasteiger partial charge in [-0.2, -0.15) is 4.31 Å². The molecule has 7 heteroatoms. The summed E-state index contributed by atoms with van der Waals surface area (Å²) < 4.78 is 26.8. The van der Waals surface area contributed by atoms with Crippen molar-refractivity contribution >= 4 is 21.6 Å². The van der Waals surface area contributed by atoms with Gasteiger partial charge < -0.3 is 0 Å². The number of rotatable bonds is 2. The summed E-state index contributed by atoms with van der Waals surface area (Å²) in [5.41, 5.74) is 2.27. The lowest BCUT2D eigenvalue weighted by Gasteiger charge is -2.17. The largest absolute Gasteiger partial charge is 0.244 e. The lowest BCUT2D eigenvalue weighted by molar-refractivity contribution is 0.429. The highest BCUT2D eigenvalue weighted by molar-refractivity contribution is 7.89. The first-order chi connectivity index (χ1) is 9.48. The molecular formula is C13H12ClN3O2S. The Morgan fingerprint density at radius 2 is 2.10 bits per heavy atom. The van der Waals surface area contributed by atoms with Crippen LogP contribution in [-0.4, -0.2) is 22.7 Å². The van der Waals surface area contributed by atoms with E-state index in [1.54, 1.807) is 25.3 Å². The standard InChI is InChI=1S/C13H12ClN3O2S/c1-9-2-3-11(14)4-13(9)20(18,19)17-6-10-5-15-8-16-12(10)7-17/h2-5,8H,6-7H2,1H3. The Morgan fingerprint density at radius 3 is 2.85 bits per heavy atom. The normalized spacial score (nSPS) is 15.3. The molecule has 1 aromatic heterocycles. The Balaban J connectivity index is 2.01. The summed E-state index contributed by atoms with van der Waals surface area (Å²) >= 11 is 5.91. The molecule has 0 spiro atoms. The quantitative estimate of drug-likeness (QED) is 0.852. The number of fused-ring (bicyclic) bond motifs is 1. The second-order valence-electron chi connectivity index (χ2n) is 4.68. The van der Waals surface area contributed by atoms with Crippen molar-refractivity contribution in [3.05, 3.63) is 52.6 Å². The molecule has 2 heterocycles. The molecule has 0 saturated carbocycles. The summed E-state index contributed by atoms with van der Waals surface area (Å²) in [6.45, 7) is 2.32. The maximum absolute atomic E-state index is 12.7. The van der Waals surface area contributed by atoms with Gasteiger partial charge in [0, 0.05) is 23.3 Å². The maximum Gasteiger partial charge on any atom is 0.244 e. The highest BCUT2D eigenvalue weighted by Gasteiger charge is 2.32. The van der Waals surface area contributed by atoms with Crippen LogP contribution in [0.1, 0.15) is 16.8 Å². The molecule has 1 aliphatic rings. The molecule has 20 heavy (non-hydrogen) atoms. The third-order valence-corrected chi connectivity index (χ3v) is 5.49. The predicted octanol–water partition coefficient (Wildman–Crippen LogP) is 2.14. The molecule has 0 bridgehead atoms. The molecule has 0 N–H and O–H groups in total. The Labute approximate surface area is 122 Å². The molecule has 0 fully saturated rings. The molecule has 0 atom stereocenters. The zero-order chi connectivity index (χ0) is 14.3. The van der Waals surface area contributed by atoms with Crippen LogP contribution in [0.25, 0.3) is 0 Å². The van der Waals surface area contributed by atoms with Gasteiger partial charge in [0.15, 0.2) is 0 Å². The van der Waals surface area contributed by atoms with Crippen LogP contribution in [0, 0.1) is 6.92 Å². The van der Waals surface area contributed by atoms with E-state index < -0.39 is 10.0 Å². The van der Waals surface area contributed by atoms with Crippen LogP contribution in [0.2, 0.25) is 5.02 Å². The monoisotopic (exact) mass is 309 g/mol. The fourth-order valence-corrected chi connectivity index (χ4v) is 4.10. The minimum Gasteiger partial charge on any atom is -0.244 e. The van der Waals surface area contributed by atoms with E-state index in [1.165, 1.54) is 16.7 Å². The molecule has 0 amide bonds.